The summed E-state index contributed by atoms with van der Waals surface area (Å²) in [6, 6.07) is 0. The van der Waals surface area contributed by atoms with Gasteiger partial charge in [-0.3, -0.25) is 19.4 Å². The molecule has 0 aliphatic rings. The smallest absolute Gasteiger partial charge is 0.220 e. The van der Waals surface area contributed by atoms with Crippen molar-refractivity contribution < 1.29 is 27.3 Å². The summed E-state index contributed by atoms with van der Waals surface area (Å²) in [7, 11) is -8.29. The van der Waals surface area contributed by atoms with Gasteiger partial charge in [-0.05, 0) is 116 Å². The molecule has 2 amide bonds. The molecule has 0 heterocycles. The minimum Gasteiger partial charge on any atom is -0.413 e. The van der Waals surface area contributed by atoms with E-state index in [2.05, 4.69) is 197 Å². The van der Waals surface area contributed by atoms with Crippen molar-refractivity contribution in [1.82, 2.24) is 20.4 Å². The van der Waals surface area contributed by atoms with E-state index in [1.54, 1.807) is 0 Å². The van der Waals surface area contributed by atoms with Gasteiger partial charge in [-0.15, -0.1) is 0 Å². The summed E-state index contributed by atoms with van der Waals surface area (Å²) in [6.07, 6.45) is 49.2. The lowest BCUT2D eigenvalue weighted by molar-refractivity contribution is -0.126. The second-order valence-electron chi connectivity index (χ2n) is 38.5. The molecule has 4 atom stereocenters. The zero-order valence-electron chi connectivity index (χ0n) is 72.1. The summed E-state index contributed by atoms with van der Waals surface area (Å²) in [5, 5.41) is 7.18. The number of amides is 2. The summed E-state index contributed by atoms with van der Waals surface area (Å²) >= 11 is 0. The highest BCUT2D eigenvalue weighted by molar-refractivity contribution is 6.75. The van der Waals surface area contributed by atoms with Crippen LogP contribution in [0.15, 0.2) is 0 Å². The Bertz CT molecular complexity index is 1730. The van der Waals surface area contributed by atoms with Gasteiger partial charge in [-0.25, -0.2) is 0 Å². The van der Waals surface area contributed by atoms with Crippen LogP contribution in [-0.4, -0.2) is 132 Å². The molecule has 0 spiro atoms. The third kappa shape index (κ3) is 48.5. The lowest BCUT2D eigenvalue weighted by Gasteiger charge is -2.42. The molecule has 0 aromatic heterocycles. The Morgan fingerprint density at radius 2 is 0.475 bits per heavy atom. The van der Waals surface area contributed by atoms with Crippen molar-refractivity contribution in [3.8, 4) is 0 Å². The molecule has 99 heavy (non-hydrogen) atoms. The Morgan fingerprint density at radius 3 is 0.657 bits per heavy atom. The van der Waals surface area contributed by atoms with Crippen LogP contribution in [0.25, 0.3) is 0 Å². The van der Waals surface area contributed by atoms with E-state index in [-0.39, 0.29) is 56.4 Å². The van der Waals surface area contributed by atoms with Crippen molar-refractivity contribution in [2.45, 2.75) is 478 Å². The SMILES string of the molecule is CCCCCCCCCCC(CN(CCCNC(=O)CC(C)(C)CC(=O)NCCCN(CC(CCCCCCCCCC)O[Si](C)(C)C(C)(C)C)CC(CCCCCCCCCC)O[Si](C)(C)C(C)(C)C)CC(CCCCCCCCCC)O[Si](C)(C)C(C)(C)C)O[Si](C)(C)C(C)(C)C. The van der Waals surface area contributed by atoms with E-state index in [0.717, 1.165) is 77.8 Å². The molecule has 4 unspecified atom stereocenters. The molecule has 0 aliphatic heterocycles. The minimum atomic E-state index is -2.07. The first-order chi connectivity index (χ1) is 46.1. The molecule has 0 aromatic carbocycles. The number of nitrogens with zero attached hydrogens (tertiary/aromatic N) is 2. The average Bonchev–Trinajstić information content (AvgIpc) is 0.850. The molecular formula is C85H180N4O6Si4. The molecule has 0 fully saturated rings. The Kier molecular flexibility index (Phi) is 52.3. The third-order valence-corrected chi connectivity index (χ3v) is 41.8. The molecule has 0 aliphatic carbocycles. The summed E-state index contributed by atoms with van der Waals surface area (Å²) in [6.45, 7) is 67.9. The average molecular weight is 1470 g/mol. The van der Waals surface area contributed by atoms with Gasteiger partial charge >= 0.3 is 0 Å². The van der Waals surface area contributed by atoms with Crippen LogP contribution in [0.3, 0.4) is 0 Å². The van der Waals surface area contributed by atoms with E-state index in [4.69, 9.17) is 17.7 Å². The van der Waals surface area contributed by atoms with Gasteiger partial charge < -0.3 is 28.3 Å². The molecule has 592 valence electrons. The van der Waals surface area contributed by atoms with Gasteiger partial charge in [-0.2, -0.15) is 0 Å². The monoisotopic (exact) mass is 1470 g/mol. The Hall–Kier alpha value is -0.432. The first kappa shape index (κ1) is 98.6. The van der Waals surface area contributed by atoms with Gasteiger partial charge in [-0.1, -0.05) is 330 Å². The summed E-state index contributed by atoms with van der Waals surface area (Å²) in [5.41, 5.74) is -0.493. The van der Waals surface area contributed by atoms with Crippen LogP contribution < -0.4 is 10.6 Å². The summed E-state index contributed by atoms with van der Waals surface area (Å²) in [4.78, 5) is 33.4. The number of nitrogens with one attached hydrogen (secondary N) is 2. The van der Waals surface area contributed by atoms with E-state index in [0.29, 0.717) is 25.9 Å². The molecule has 0 radical (unpaired) electrons. The molecule has 2 N–H and O–H groups in total. The quantitative estimate of drug-likeness (QED) is 0.0459. The van der Waals surface area contributed by atoms with Crippen molar-refractivity contribution in [2.75, 3.05) is 52.4 Å². The zero-order chi connectivity index (χ0) is 75.3. The maximum atomic E-state index is 14.0. The largest absolute Gasteiger partial charge is 0.413 e. The number of rotatable bonds is 64. The number of hydrogen-bond acceptors (Lipinski definition) is 8. The fraction of sp³-hybridized carbons (Fsp3) is 0.976. The molecule has 0 saturated heterocycles. The van der Waals surface area contributed by atoms with E-state index >= 15 is 0 Å². The highest BCUT2D eigenvalue weighted by atomic mass is 28.4. The predicted molar refractivity (Wildman–Crippen MR) is 448 cm³/mol. The normalized spacial score (nSPS) is 14.7. The van der Waals surface area contributed by atoms with E-state index in [1.807, 2.05) is 0 Å². The van der Waals surface area contributed by atoms with Crippen LogP contribution in [0.2, 0.25) is 72.5 Å². The summed E-state index contributed by atoms with van der Waals surface area (Å²) < 4.78 is 29.8. The van der Waals surface area contributed by atoms with Crippen LogP contribution in [0.5, 0.6) is 0 Å². The van der Waals surface area contributed by atoms with Crippen LogP contribution in [0, 0.1) is 5.41 Å². The fourth-order valence-electron chi connectivity index (χ4n) is 12.9. The van der Waals surface area contributed by atoms with E-state index in [1.165, 1.54) is 205 Å². The lowest BCUT2D eigenvalue weighted by atomic mass is 9.85. The van der Waals surface area contributed by atoms with Crippen molar-refractivity contribution in [3.05, 3.63) is 0 Å². The Labute approximate surface area is 625 Å². The van der Waals surface area contributed by atoms with Crippen molar-refractivity contribution >= 4 is 45.1 Å². The van der Waals surface area contributed by atoms with Crippen LogP contribution in [0.1, 0.15) is 381 Å². The first-order valence-electron chi connectivity index (χ1n) is 42.8. The zero-order valence-corrected chi connectivity index (χ0v) is 76.1. The number of carbonyl (C=O) groups is 2. The number of carbonyl (C=O) groups excluding carboxylic acids is 2. The minimum absolute atomic E-state index is 0.0283. The van der Waals surface area contributed by atoms with Gasteiger partial charge in [0.05, 0.1) is 24.4 Å². The maximum absolute atomic E-state index is 14.0. The van der Waals surface area contributed by atoms with Crippen LogP contribution >= 0.6 is 0 Å². The molecule has 10 nitrogen and oxygen atoms in total. The van der Waals surface area contributed by atoms with Crippen LogP contribution in [-0.2, 0) is 27.3 Å². The highest BCUT2D eigenvalue weighted by Crippen LogP contribution is 2.42. The van der Waals surface area contributed by atoms with Crippen molar-refractivity contribution in [1.29, 1.82) is 0 Å². The van der Waals surface area contributed by atoms with Gasteiger partial charge in [0.25, 0.3) is 0 Å². The second-order valence-corrected chi connectivity index (χ2v) is 57.5. The third-order valence-electron chi connectivity index (χ3n) is 23.7. The molecule has 14 heteroatoms. The summed E-state index contributed by atoms with van der Waals surface area (Å²) in [5.74, 6) is 0.0566. The molecule has 0 bridgehead atoms. The van der Waals surface area contributed by atoms with Gasteiger partial charge in [0.15, 0.2) is 33.3 Å². The van der Waals surface area contributed by atoms with Gasteiger partial charge in [0.2, 0.25) is 11.8 Å². The second kappa shape index (κ2) is 52.6. The van der Waals surface area contributed by atoms with E-state index < -0.39 is 38.7 Å². The first-order valence-corrected chi connectivity index (χ1v) is 54.4. The number of hydrogen-bond donors (Lipinski definition) is 2. The molecule has 0 saturated carbocycles. The topological polar surface area (TPSA) is 102 Å². The predicted octanol–water partition coefficient (Wildman–Crippen LogP) is 26.1. The van der Waals surface area contributed by atoms with Crippen LogP contribution in [0.4, 0.5) is 0 Å². The van der Waals surface area contributed by atoms with Gasteiger partial charge in [0, 0.05) is 65.2 Å². The van der Waals surface area contributed by atoms with Crippen molar-refractivity contribution in [2.24, 2.45) is 5.41 Å². The Balaban J connectivity index is 6.64. The molecule has 0 rings (SSSR count). The molecule has 0 aromatic rings. The standard InChI is InChI=1S/C85H180N4O6Si4/c1-27-31-35-39-43-47-51-55-61-75(92-96(19,20)81(5,6)7)71-88(72-76(93-97(21,22)82(8,9)10)62-56-52-48-44-40-36-32-28-2)67-59-65-86-79(90)69-85(17,18)70-80(91)87-66-60-68-89(73-77(94-98(23,24)83(11,12)13)63-57-53-49-45-41-37-33-29-3)74-78(95-99(25,26)84(14,15)16)64-58-54-50-46-42-38-34-30-4/h75-78H,27-74H2,1-26H3,(H,86,90)(H,87,91). The maximum Gasteiger partial charge on any atom is 0.220 e. The highest BCUT2D eigenvalue weighted by Gasteiger charge is 2.43. The molecular weight excluding hydrogens is 1290 g/mol. The fourth-order valence-corrected chi connectivity index (χ4v) is 18.4. The van der Waals surface area contributed by atoms with Crippen molar-refractivity contribution in [3.63, 3.8) is 0 Å². The number of unbranched alkanes of at least 4 members (excludes halogenated alkanes) is 28. The lowest BCUT2D eigenvalue weighted by Crippen LogP contribution is -2.50. The van der Waals surface area contributed by atoms with E-state index in [9.17, 15) is 9.59 Å². The Morgan fingerprint density at radius 1 is 0.293 bits per heavy atom. The van der Waals surface area contributed by atoms with Gasteiger partial charge in [0.1, 0.15) is 0 Å².